The number of carboxylic acid groups (broad SMARTS) is 1. The van der Waals surface area contributed by atoms with E-state index in [4.69, 9.17) is 9.84 Å². The molecule has 2 amide bonds. The van der Waals surface area contributed by atoms with Crippen LogP contribution in [0.5, 0.6) is 5.75 Å². The summed E-state index contributed by atoms with van der Waals surface area (Å²) in [5.74, 6) is 0.374. The first-order chi connectivity index (χ1) is 11.2. The van der Waals surface area contributed by atoms with E-state index >= 15 is 0 Å². The SMILES string of the molecule is CC(C)(C)OC(=O)N(c1ccc(O)cn1)C1CCN(C(=O)O)CC1. The summed E-state index contributed by atoms with van der Waals surface area (Å²) in [6, 6.07) is 2.78. The summed E-state index contributed by atoms with van der Waals surface area (Å²) in [6.45, 7) is 6.02. The molecular formula is C16H23N3O5. The molecule has 24 heavy (non-hydrogen) atoms. The van der Waals surface area contributed by atoms with Gasteiger partial charge in [-0.3, -0.25) is 4.90 Å². The minimum absolute atomic E-state index is 0.00332. The van der Waals surface area contributed by atoms with E-state index in [-0.39, 0.29) is 11.8 Å². The molecule has 1 aromatic rings. The van der Waals surface area contributed by atoms with Crippen molar-refractivity contribution in [1.29, 1.82) is 0 Å². The number of pyridine rings is 1. The van der Waals surface area contributed by atoms with E-state index in [1.807, 2.05) is 0 Å². The Hall–Kier alpha value is -2.51. The van der Waals surface area contributed by atoms with Crippen LogP contribution in [-0.4, -0.2) is 57.0 Å². The van der Waals surface area contributed by atoms with Gasteiger partial charge in [-0.25, -0.2) is 14.6 Å². The van der Waals surface area contributed by atoms with E-state index in [9.17, 15) is 14.7 Å². The Morgan fingerprint density at radius 3 is 2.38 bits per heavy atom. The summed E-state index contributed by atoms with van der Waals surface area (Å²) in [5, 5.41) is 18.5. The average Bonchev–Trinajstić information content (AvgIpc) is 2.48. The molecule has 1 saturated heterocycles. The molecule has 0 aromatic carbocycles. The summed E-state index contributed by atoms with van der Waals surface area (Å²) >= 11 is 0. The highest BCUT2D eigenvalue weighted by Gasteiger charge is 2.34. The molecule has 0 atom stereocenters. The van der Waals surface area contributed by atoms with E-state index in [1.165, 1.54) is 22.1 Å². The molecule has 0 spiro atoms. The molecule has 2 N–H and O–H groups in total. The van der Waals surface area contributed by atoms with Crippen molar-refractivity contribution in [2.45, 2.75) is 45.3 Å². The third-order valence-electron chi connectivity index (χ3n) is 3.67. The average molecular weight is 337 g/mol. The third-order valence-corrected chi connectivity index (χ3v) is 3.67. The standard InChI is InChI=1S/C16H23N3O5/c1-16(2,3)24-15(23)19(13-5-4-12(20)10-17-13)11-6-8-18(9-7-11)14(21)22/h4-5,10-11,20H,6-9H2,1-3H3,(H,21,22). The lowest BCUT2D eigenvalue weighted by atomic mass is 10.0. The predicted molar refractivity (Wildman–Crippen MR) is 87.2 cm³/mol. The molecule has 8 nitrogen and oxygen atoms in total. The van der Waals surface area contributed by atoms with Gasteiger partial charge < -0.3 is 19.8 Å². The van der Waals surface area contributed by atoms with Gasteiger partial charge in [0.25, 0.3) is 0 Å². The van der Waals surface area contributed by atoms with Gasteiger partial charge in [-0.15, -0.1) is 0 Å². The lowest BCUT2D eigenvalue weighted by Gasteiger charge is -2.37. The number of aromatic nitrogens is 1. The monoisotopic (exact) mass is 337 g/mol. The van der Waals surface area contributed by atoms with Gasteiger partial charge in [-0.1, -0.05) is 0 Å². The highest BCUT2D eigenvalue weighted by molar-refractivity contribution is 5.87. The van der Waals surface area contributed by atoms with Gasteiger partial charge in [0.15, 0.2) is 0 Å². The Balaban J connectivity index is 2.21. The number of nitrogens with zero attached hydrogens (tertiary/aromatic N) is 3. The van der Waals surface area contributed by atoms with Crippen molar-refractivity contribution in [2.75, 3.05) is 18.0 Å². The fourth-order valence-corrected chi connectivity index (χ4v) is 2.58. The summed E-state index contributed by atoms with van der Waals surface area (Å²) in [7, 11) is 0. The number of anilines is 1. The third kappa shape index (κ3) is 4.50. The zero-order valence-corrected chi connectivity index (χ0v) is 14.1. The number of rotatable bonds is 2. The predicted octanol–water partition coefficient (Wildman–Crippen LogP) is 2.67. The Bertz CT molecular complexity index is 589. The Morgan fingerprint density at radius 2 is 1.92 bits per heavy atom. The van der Waals surface area contributed by atoms with Crippen molar-refractivity contribution in [2.24, 2.45) is 0 Å². The molecule has 0 bridgehead atoms. The van der Waals surface area contributed by atoms with Crippen LogP contribution in [-0.2, 0) is 4.74 Å². The second-order valence-corrected chi connectivity index (χ2v) is 6.73. The molecule has 0 radical (unpaired) electrons. The van der Waals surface area contributed by atoms with Crippen molar-refractivity contribution in [1.82, 2.24) is 9.88 Å². The maximum atomic E-state index is 12.6. The van der Waals surface area contributed by atoms with Crippen LogP contribution in [0.3, 0.4) is 0 Å². The maximum absolute atomic E-state index is 12.6. The van der Waals surface area contributed by atoms with E-state index in [2.05, 4.69) is 4.98 Å². The zero-order valence-electron chi connectivity index (χ0n) is 14.1. The quantitative estimate of drug-likeness (QED) is 0.860. The topological polar surface area (TPSA) is 103 Å². The number of amides is 2. The fourth-order valence-electron chi connectivity index (χ4n) is 2.58. The van der Waals surface area contributed by atoms with Gasteiger partial charge in [-0.05, 0) is 45.7 Å². The lowest BCUT2D eigenvalue weighted by molar-refractivity contribution is 0.0548. The summed E-state index contributed by atoms with van der Waals surface area (Å²) in [6.07, 6.45) is 0.760. The molecule has 1 fully saturated rings. The van der Waals surface area contributed by atoms with E-state index in [1.54, 1.807) is 26.8 Å². The normalized spacial score (nSPS) is 15.9. The van der Waals surface area contributed by atoms with Gasteiger partial charge >= 0.3 is 12.2 Å². The van der Waals surface area contributed by atoms with E-state index in [0.29, 0.717) is 31.7 Å². The van der Waals surface area contributed by atoms with Crippen molar-refractivity contribution < 1.29 is 24.5 Å². The smallest absolute Gasteiger partial charge is 0.416 e. The van der Waals surface area contributed by atoms with Gasteiger partial charge in [0.2, 0.25) is 0 Å². The largest absolute Gasteiger partial charge is 0.506 e. The van der Waals surface area contributed by atoms with Gasteiger partial charge in [-0.2, -0.15) is 0 Å². The molecule has 2 heterocycles. The highest BCUT2D eigenvalue weighted by atomic mass is 16.6. The Labute approximate surface area is 140 Å². The number of hydrogen-bond donors (Lipinski definition) is 2. The number of aromatic hydroxyl groups is 1. The zero-order chi connectivity index (χ0) is 17.9. The van der Waals surface area contributed by atoms with Crippen LogP contribution in [0.25, 0.3) is 0 Å². The van der Waals surface area contributed by atoms with Crippen molar-refractivity contribution in [3.05, 3.63) is 18.3 Å². The number of carbonyl (C=O) groups is 2. The number of hydrogen-bond acceptors (Lipinski definition) is 5. The minimum Gasteiger partial charge on any atom is -0.506 e. The molecule has 1 aliphatic heterocycles. The molecule has 0 unspecified atom stereocenters. The molecule has 0 aliphatic carbocycles. The Morgan fingerprint density at radius 1 is 1.29 bits per heavy atom. The Kier molecular flexibility index (Phi) is 5.16. The summed E-state index contributed by atoms with van der Waals surface area (Å²) in [4.78, 5) is 30.6. The lowest BCUT2D eigenvalue weighted by Crippen LogP contribution is -2.50. The molecular weight excluding hydrogens is 314 g/mol. The number of piperidine rings is 1. The molecule has 0 saturated carbocycles. The minimum atomic E-state index is -0.958. The first-order valence-electron chi connectivity index (χ1n) is 7.82. The number of likely N-dealkylation sites (tertiary alicyclic amines) is 1. The molecule has 132 valence electrons. The van der Waals surface area contributed by atoms with Crippen LogP contribution >= 0.6 is 0 Å². The highest BCUT2D eigenvalue weighted by Crippen LogP contribution is 2.25. The maximum Gasteiger partial charge on any atom is 0.416 e. The molecule has 1 aromatic heterocycles. The van der Waals surface area contributed by atoms with Crippen LogP contribution in [0, 0.1) is 0 Å². The van der Waals surface area contributed by atoms with Crippen molar-refractivity contribution in [3.63, 3.8) is 0 Å². The molecule has 1 aliphatic rings. The second kappa shape index (κ2) is 6.94. The van der Waals surface area contributed by atoms with E-state index < -0.39 is 17.8 Å². The fraction of sp³-hybridized carbons (Fsp3) is 0.562. The number of carbonyl (C=O) groups excluding carboxylic acids is 1. The molecule has 8 heteroatoms. The molecule has 2 rings (SSSR count). The number of ether oxygens (including phenoxy) is 1. The van der Waals surface area contributed by atoms with Crippen LogP contribution in [0.4, 0.5) is 15.4 Å². The first-order valence-corrected chi connectivity index (χ1v) is 7.82. The second-order valence-electron chi connectivity index (χ2n) is 6.73. The van der Waals surface area contributed by atoms with Crippen LogP contribution < -0.4 is 4.90 Å². The van der Waals surface area contributed by atoms with Crippen molar-refractivity contribution >= 4 is 18.0 Å². The van der Waals surface area contributed by atoms with Crippen LogP contribution in [0.15, 0.2) is 18.3 Å². The van der Waals surface area contributed by atoms with Crippen LogP contribution in [0.1, 0.15) is 33.6 Å². The summed E-state index contributed by atoms with van der Waals surface area (Å²) in [5.41, 5.74) is -0.659. The van der Waals surface area contributed by atoms with Gasteiger partial charge in [0.1, 0.15) is 17.2 Å². The van der Waals surface area contributed by atoms with Crippen molar-refractivity contribution in [3.8, 4) is 5.75 Å². The van der Waals surface area contributed by atoms with Crippen LogP contribution in [0.2, 0.25) is 0 Å². The van der Waals surface area contributed by atoms with Gasteiger partial charge in [0, 0.05) is 19.1 Å². The first kappa shape index (κ1) is 17.8. The summed E-state index contributed by atoms with van der Waals surface area (Å²) < 4.78 is 5.47. The van der Waals surface area contributed by atoms with E-state index in [0.717, 1.165) is 0 Å². The van der Waals surface area contributed by atoms with Gasteiger partial charge in [0.05, 0.1) is 6.20 Å².